The van der Waals surface area contributed by atoms with Crippen LogP contribution in [0.2, 0.25) is 0 Å². The maximum Gasteiger partial charge on any atom is 0.326 e. The first-order chi connectivity index (χ1) is 18.6. The molecule has 0 saturated heterocycles. The molecule has 208 valence electrons. The largest absolute Gasteiger partial charge is 0.480 e. The number of imidazole rings is 1. The molecule has 39 heavy (non-hydrogen) atoms. The topological polar surface area (TPSA) is 238 Å². The minimum absolute atomic E-state index is 0.0172. The number of carboxylic acids is 1. The third kappa shape index (κ3) is 8.05. The second-order valence-corrected chi connectivity index (χ2v) is 9.19. The van der Waals surface area contributed by atoms with E-state index in [4.69, 9.17) is 11.5 Å². The monoisotopic (exact) mass is 558 g/mol. The van der Waals surface area contributed by atoms with E-state index in [2.05, 4.69) is 43.5 Å². The van der Waals surface area contributed by atoms with E-state index < -0.39 is 60.2 Å². The average molecular weight is 559 g/mol. The second kappa shape index (κ2) is 13.4. The molecular formula is C24H30N8O6S. The Morgan fingerprint density at radius 2 is 1.62 bits per heavy atom. The molecule has 3 rings (SSSR count). The minimum Gasteiger partial charge on any atom is -0.480 e. The maximum absolute atomic E-state index is 13.4. The fourth-order valence-corrected chi connectivity index (χ4v) is 4.03. The van der Waals surface area contributed by atoms with Gasteiger partial charge in [0.1, 0.15) is 18.1 Å². The first kappa shape index (κ1) is 29.2. The van der Waals surface area contributed by atoms with Crippen molar-refractivity contribution in [2.45, 2.75) is 43.4 Å². The Balaban J connectivity index is 1.81. The molecule has 0 radical (unpaired) electrons. The Labute approximate surface area is 228 Å². The van der Waals surface area contributed by atoms with E-state index in [0.29, 0.717) is 11.3 Å². The van der Waals surface area contributed by atoms with Crippen LogP contribution in [0, 0.1) is 0 Å². The number of aromatic amines is 2. The highest BCUT2D eigenvalue weighted by Crippen LogP contribution is 2.19. The number of hydrogen-bond acceptors (Lipinski definition) is 8. The van der Waals surface area contributed by atoms with Gasteiger partial charge in [0, 0.05) is 47.6 Å². The summed E-state index contributed by atoms with van der Waals surface area (Å²) in [4.78, 5) is 72.0. The number of rotatable bonds is 14. The summed E-state index contributed by atoms with van der Waals surface area (Å²) in [5, 5.41) is 17.7. The van der Waals surface area contributed by atoms with Gasteiger partial charge in [-0.1, -0.05) is 18.2 Å². The van der Waals surface area contributed by atoms with E-state index in [9.17, 15) is 29.1 Å². The lowest BCUT2D eigenvalue weighted by Crippen LogP contribution is -2.58. The van der Waals surface area contributed by atoms with Gasteiger partial charge in [-0.05, 0) is 11.6 Å². The predicted molar refractivity (Wildman–Crippen MR) is 143 cm³/mol. The van der Waals surface area contributed by atoms with Crippen LogP contribution in [0.15, 0.2) is 43.0 Å². The van der Waals surface area contributed by atoms with Gasteiger partial charge in [-0.3, -0.25) is 19.2 Å². The zero-order chi connectivity index (χ0) is 28.5. The number of carboxylic acid groups (broad SMARTS) is 1. The predicted octanol–water partition coefficient (Wildman–Crippen LogP) is -1.65. The molecule has 2 heterocycles. The van der Waals surface area contributed by atoms with E-state index in [1.54, 1.807) is 6.20 Å². The van der Waals surface area contributed by atoms with Crippen LogP contribution < -0.4 is 27.4 Å². The number of H-pyrrole nitrogens is 2. The van der Waals surface area contributed by atoms with Gasteiger partial charge in [0.25, 0.3) is 0 Å². The quantitative estimate of drug-likeness (QED) is 0.104. The summed E-state index contributed by atoms with van der Waals surface area (Å²) in [6.45, 7) is 0. The van der Waals surface area contributed by atoms with Crippen LogP contribution >= 0.6 is 12.6 Å². The molecule has 15 heteroatoms. The van der Waals surface area contributed by atoms with Crippen molar-refractivity contribution in [2.24, 2.45) is 11.5 Å². The fourth-order valence-electron chi connectivity index (χ4n) is 3.86. The highest BCUT2D eigenvalue weighted by molar-refractivity contribution is 7.80. The number of primary amides is 1. The molecule has 2 aromatic heterocycles. The first-order valence-electron chi connectivity index (χ1n) is 11.9. The van der Waals surface area contributed by atoms with Crippen molar-refractivity contribution in [1.82, 2.24) is 30.9 Å². The Kier molecular flexibility index (Phi) is 10.1. The van der Waals surface area contributed by atoms with Crippen LogP contribution in [0.5, 0.6) is 0 Å². The van der Waals surface area contributed by atoms with Gasteiger partial charge < -0.3 is 42.5 Å². The molecule has 4 atom stereocenters. The summed E-state index contributed by atoms with van der Waals surface area (Å²) in [5.41, 5.74) is 13.0. The number of fused-ring (bicyclic) bond motifs is 1. The minimum atomic E-state index is -1.51. The number of benzene rings is 1. The molecule has 4 amide bonds. The van der Waals surface area contributed by atoms with Crippen LogP contribution in [-0.4, -0.2) is 79.6 Å². The number of aliphatic carboxylic acids is 1. The third-order valence-corrected chi connectivity index (χ3v) is 6.29. The van der Waals surface area contributed by atoms with Crippen LogP contribution in [0.3, 0.4) is 0 Å². The van der Waals surface area contributed by atoms with Crippen molar-refractivity contribution in [3.8, 4) is 0 Å². The zero-order valence-corrected chi connectivity index (χ0v) is 21.6. The summed E-state index contributed by atoms with van der Waals surface area (Å²) >= 11 is 4.02. The highest BCUT2D eigenvalue weighted by atomic mass is 32.1. The zero-order valence-electron chi connectivity index (χ0n) is 20.7. The Morgan fingerprint density at radius 3 is 2.26 bits per heavy atom. The molecule has 0 aliphatic heterocycles. The van der Waals surface area contributed by atoms with Gasteiger partial charge in [0.2, 0.25) is 23.6 Å². The maximum atomic E-state index is 13.4. The number of nitrogens with one attached hydrogen (secondary N) is 5. The van der Waals surface area contributed by atoms with Crippen LogP contribution in [-0.2, 0) is 36.8 Å². The number of carbonyl (C=O) groups excluding carboxylic acids is 4. The van der Waals surface area contributed by atoms with Crippen LogP contribution in [0.1, 0.15) is 17.7 Å². The van der Waals surface area contributed by atoms with E-state index >= 15 is 0 Å². The van der Waals surface area contributed by atoms with Crippen LogP contribution in [0.4, 0.5) is 0 Å². The van der Waals surface area contributed by atoms with E-state index in [1.165, 1.54) is 12.5 Å². The number of hydrogen-bond donors (Lipinski definition) is 9. The smallest absolute Gasteiger partial charge is 0.326 e. The Bertz CT molecular complexity index is 1330. The summed E-state index contributed by atoms with van der Waals surface area (Å²) in [5.74, 6) is -4.63. The number of thiol groups is 1. The standard InChI is InChI=1S/C24H30N8O6S/c25-15(10-39)21(34)30-17(5-12-8-28-16-4-2-1-3-14(12)16)22(35)31-18(7-20(26)33)23(36)32-19(24(37)38)6-13-9-27-11-29-13/h1-4,8-9,11,15,17-19,28,39H,5-7,10,25H2,(H2,26,33)(H,27,29)(H,30,34)(H,31,35)(H,32,36)(H,37,38). The molecule has 3 aromatic rings. The number of nitrogens with zero attached hydrogens (tertiary/aromatic N) is 1. The summed E-state index contributed by atoms with van der Waals surface area (Å²) in [6, 6.07) is 2.23. The number of amides is 4. The van der Waals surface area contributed by atoms with Gasteiger partial charge in [-0.15, -0.1) is 0 Å². The second-order valence-electron chi connectivity index (χ2n) is 8.83. The van der Waals surface area contributed by atoms with Crippen molar-refractivity contribution in [2.75, 3.05) is 5.75 Å². The average Bonchev–Trinajstić information content (AvgIpc) is 3.56. The molecule has 0 bridgehead atoms. The third-order valence-electron chi connectivity index (χ3n) is 5.90. The lowest BCUT2D eigenvalue weighted by molar-refractivity contribution is -0.142. The van der Waals surface area contributed by atoms with Crippen molar-refractivity contribution in [3.05, 3.63) is 54.2 Å². The molecule has 0 fully saturated rings. The first-order valence-corrected chi connectivity index (χ1v) is 12.5. The molecule has 0 saturated carbocycles. The number of para-hydroxylation sites is 1. The lowest BCUT2D eigenvalue weighted by atomic mass is 10.0. The highest BCUT2D eigenvalue weighted by Gasteiger charge is 2.32. The van der Waals surface area contributed by atoms with Gasteiger partial charge in [0.15, 0.2) is 0 Å². The van der Waals surface area contributed by atoms with E-state index in [0.717, 1.165) is 10.9 Å². The van der Waals surface area contributed by atoms with Crippen molar-refractivity contribution >= 4 is 53.1 Å². The van der Waals surface area contributed by atoms with Crippen LogP contribution in [0.25, 0.3) is 10.9 Å². The normalized spacial score (nSPS) is 14.1. The van der Waals surface area contributed by atoms with Crippen molar-refractivity contribution < 1.29 is 29.1 Å². The molecule has 4 unspecified atom stereocenters. The molecule has 0 aliphatic rings. The SMILES string of the molecule is NC(=O)CC(NC(=O)C(Cc1c[nH]c2ccccc12)NC(=O)C(N)CS)C(=O)NC(Cc1cnc[nH]1)C(=O)O. The van der Waals surface area contributed by atoms with E-state index in [-0.39, 0.29) is 18.6 Å². The van der Waals surface area contributed by atoms with Gasteiger partial charge >= 0.3 is 5.97 Å². The fraction of sp³-hybridized carbons (Fsp3) is 0.333. The van der Waals surface area contributed by atoms with Gasteiger partial charge in [-0.2, -0.15) is 12.6 Å². The molecule has 0 aliphatic carbocycles. The van der Waals surface area contributed by atoms with Crippen molar-refractivity contribution in [3.63, 3.8) is 0 Å². The number of carbonyl (C=O) groups is 5. The lowest BCUT2D eigenvalue weighted by Gasteiger charge is -2.24. The Hall–Kier alpha value is -4.37. The number of aromatic nitrogens is 3. The van der Waals surface area contributed by atoms with Crippen molar-refractivity contribution in [1.29, 1.82) is 0 Å². The summed E-state index contributed by atoms with van der Waals surface area (Å²) in [7, 11) is 0. The summed E-state index contributed by atoms with van der Waals surface area (Å²) < 4.78 is 0. The van der Waals surface area contributed by atoms with E-state index in [1.807, 2.05) is 24.3 Å². The Morgan fingerprint density at radius 1 is 0.949 bits per heavy atom. The number of nitrogens with two attached hydrogens (primary N) is 2. The molecule has 0 spiro atoms. The molecule has 10 N–H and O–H groups in total. The molecule has 1 aromatic carbocycles. The van der Waals surface area contributed by atoms with Gasteiger partial charge in [0.05, 0.1) is 18.8 Å². The molecule has 14 nitrogen and oxygen atoms in total. The van der Waals surface area contributed by atoms with Gasteiger partial charge in [-0.25, -0.2) is 9.78 Å². The molecular weight excluding hydrogens is 528 g/mol. The summed E-state index contributed by atoms with van der Waals surface area (Å²) in [6.07, 6.45) is 3.73.